The summed E-state index contributed by atoms with van der Waals surface area (Å²) in [7, 11) is 5.44. The summed E-state index contributed by atoms with van der Waals surface area (Å²) in [6.07, 6.45) is 6.13. The van der Waals surface area contributed by atoms with Gasteiger partial charge in [0.1, 0.15) is 5.82 Å². The number of aliphatic imine (C=N–C) groups is 1. The van der Waals surface area contributed by atoms with Crippen LogP contribution in [0.15, 0.2) is 23.2 Å². The first-order valence-corrected chi connectivity index (χ1v) is 9.96. The Morgan fingerprint density at radius 1 is 1.26 bits per heavy atom. The summed E-state index contributed by atoms with van der Waals surface area (Å²) in [5.41, 5.74) is 1.76. The Labute approximate surface area is 163 Å². The molecule has 1 aliphatic carbocycles. The van der Waals surface area contributed by atoms with Crippen LogP contribution in [0.4, 0.5) is 10.1 Å². The number of benzene rings is 1. The third kappa shape index (κ3) is 6.38. The van der Waals surface area contributed by atoms with E-state index in [-0.39, 0.29) is 5.82 Å². The van der Waals surface area contributed by atoms with Crippen molar-refractivity contribution in [3.8, 4) is 0 Å². The predicted octanol–water partition coefficient (Wildman–Crippen LogP) is 3.54. The number of rotatable bonds is 9. The fourth-order valence-corrected chi connectivity index (χ4v) is 3.75. The molecule has 0 unspecified atom stereocenters. The van der Waals surface area contributed by atoms with Crippen LogP contribution < -0.4 is 15.5 Å². The molecule has 1 aliphatic rings. The second-order valence-corrected chi connectivity index (χ2v) is 7.68. The van der Waals surface area contributed by atoms with E-state index in [0.717, 1.165) is 37.6 Å². The van der Waals surface area contributed by atoms with Gasteiger partial charge in [-0.15, -0.1) is 0 Å². The molecule has 5 nitrogen and oxygen atoms in total. The molecule has 2 rings (SSSR count). The maximum atomic E-state index is 14.2. The zero-order chi connectivity index (χ0) is 19.7. The normalized spacial score (nSPS) is 16.4. The van der Waals surface area contributed by atoms with Crippen molar-refractivity contribution < 1.29 is 9.13 Å². The molecule has 0 amide bonds. The van der Waals surface area contributed by atoms with E-state index in [1.54, 1.807) is 24.1 Å². The maximum Gasteiger partial charge on any atom is 0.191 e. The topological polar surface area (TPSA) is 48.9 Å². The third-order valence-corrected chi connectivity index (χ3v) is 5.39. The highest BCUT2D eigenvalue weighted by Crippen LogP contribution is 2.40. The molecule has 1 aromatic carbocycles. The molecular weight excluding hydrogens is 343 g/mol. The second-order valence-electron chi connectivity index (χ2n) is 7.68. The summed E-state index contributed by atoms with van der Waals surface area (Å²) in [5.74, 6) is 0.577. The van der Waals surface area contributed by atoms with Crippen molar-refractivity contribution in [1.82, 2.24) is 10.6 Å². The third-order valence-electron chi connectivity index (χ3n) is 5.39. The number of methoxy groups -OCH3 is 1. The molecule has 1 aromatic rings. The van der Waals surface area contributed by atoms with Crippen LogP contribution in [0.3, 0.4) is 0 Å². The van der Waals surface area contributed by atoms with E-state index >= 15 is 0 Å². The summed E-state index contributed by atoms with van der Waals surface area (Å²) in [5, 5.41) is 6.81. The molecule has 0 saturated heterocycles. The van der Waals surface area contributed by atoms with E-state index in [2.05, 4.69) is 22.5 Å². The van der Waals surface area contributed by atoms with Gasteiger partial charge in [-0.05, 0) is 49.3 Å². The molecule has 0 atom stereocenters. The van der Waals surface area contributed by atoms with E-state index in [9.17, 15) is 4.39 Å². The fraction of sp³-hybridized carbons (Fsp3) is 0.667. The minimum atomic E-state index is -0.213. The van der Waals surface area contributed by atoms with Crippen LogP contribution in [0.2, 0.25) is 0 Å². The summed E-state index contributed by atoms with van der Waals surface area (Å²) < 4.78 is 19.5. The number of nitrogens with zero attached hydrogens (tertiary/aromatic N) is 2. The summed E-state index contributed by atoms with van der Waals surface area (Å²) in [6, 6.07) is 5.31. The van der Waals surface area contributed by atoms with Gasteiger partial charge in [0.15, 0.2) is 5.96 Å². The first-order chi connectivity index (χ1) is 13.0. The van der Waals surface area contributed by atoms with Crippen LogP contribution in [-0.2, 0) is 11.3 Å². The van der Waals surface area contributed by atoms with E-state index in [1.165, 1.54) is 25.7 Å². The van der Waals surface area contributed by atoms with Crippen LogP contribution in [-0.4, -0.2) is 46.9 Å². The molecule has 1 fully saturated rings. The Hall–Kier alpha value is -1.82. The molecule has 2 N–H and O–H groups in total. The molecule has 1 saturated carbocycles. The van der Waals surface area contributed by atoms with Crippen LogP contribution >= 0.6 is 0 Å². The van der Waals surface area contributed by atoms with E-state index < -0.39 is 0 Å². The first kappa shape index (κ1) is 21.5. The molecule has 0 aliphatic heterocycles. The Bertz CT molecular complexity index is 612. The Morgan fingerprint density at radius 3 is 2.59 bits per heavy atom. The molecular formula is C21H35FN4O. The van der Waals surface area contributed by atoms with Crippen LogP contribution in [0.25, 0.3) is 0 Å². The van der Waals surface area contributed by atoms with Crippen LogP contribution in [0, 0.1) is 11.2 Å². The lowest BCUT2D eigenvalue weighted by Gasteiger charge is -2.30. The van der Waals surface area contributed by atoms with Gasteiger partial charge in [-0.1, -0.05) is 18.9 Å². The molecule has 6 heteroatoms. The monoisotopic (exact) mass is 378 g/mol. The van der Waals surface area contributed by atoms with Gasteiger partial charge in [0, 0.05) is 40.9 Å². The fourth-order valence-electron chi connectivity index (χ4n) is 3.75. The lowest BCUT2D eigenvalue weighted by molar-refractivity contribution is 0.138. The predicted molar refractivity (Wildman–Crippen MR) is 111 cm³/mol. The van der Waals surface area contributed by atoms with Crippen LogP contribution in [0.1, 0.15) is 44.6 Å². The summed E-state index contributed by atoms with van der Waals surface area (Å²) >= 11 is 0. The van der Waals surface area contributed by atoms with Gasteiger partial charge in [-0.2, -0.15) is 0 Å². The molecule has 0 heterocycles. The van der Waals surface area contributed by atoms with Crippen molar-refractivity contribution in [2.45, 2.75) is 45.6 Å². The SMILES string of the molecule is CCNC(=NCc1ccc(N(C)C)c(F)c1)NCC1(CCOC)CCCC1. The standard InChI is InChI=1S/C21H35FN4O/c1-5-23-20(25-16-21(12-13-27-4)10-6-7-11-21)24-15-17-8-9-19(26(2)3)18(22)14-17/h8-9,14H,5-7,10-13,15-16H2,1-4H3,(H2,23,24,25). The summed E-state index contributed by atoms with van der Waals surface area (Å²) in [6.45, 7) is 5.00. The smallest absolute Gasteiger partial charge is 0.191 e. The van der Waals surface area contributed by atoms with E-state index in [1.807, 2.05) is 20.2 Å². The average molecular weight is 379 g/mol. The number of nitrogens with one attached hydrogen (secondary N) is 2. The van der Waals surface area contributed by atoms with Crippen molar-refractivity contribution >= 4 is 11.6 Å². The lowest BCUT2D eigenvalue weighted by atomic mass is 9.83. The van der Waals surface area contributed by atoms with Crippen molar-refractivity contribution in [3.63, 3.8) is 0 Å². The van der Waals surface area contributed by atoms with Gasteiger partial charge in [0.25, 0.3) is 0 Å². The Balaban J connectivity index is 2.00. The van der Waals surface area contributed by atoms with Crippen molar-refractivity contribution in [3.05, 3.63) is 29.6 Å². The van der Waals surface area contributed by atoms with Gasteiger partial charge in [0.05, 0.1) is 12.2 Å². The van der Waals surface area contributed by atoms with E-state index in [4.69, 9.17) is 4.74 Å². The zero-order valence-corrected chi connectivity index (χ0v) is 17.3. The lowest BCUT2D eigenvalue weighted by Crippen LogP contribution is -2.43. The summed E-state index contributed by atoms with van der Waals surface area (Å²) in [4.78, 5) is 6.43. The van der Waals surface area contributed by atoms with Gasteiger partial charge in [-0.25, -0.2) is 9.38 Å². The van der Waals surface area contributed by atoms with E-state index in [0.29, 0.717) is 17.6 Å². The van der Waals surface area contributed by atoms with Gasteiger partial charge < -0.3 is 20.3 Å². The van der Waals surface area contributed by atoms with Gasteiger partial charge in [-0.3, -0.25) is 0 Å². The zero-order valence-electron chi connectivity index (χ0n) is 17.3. The Morgan fingerprint density at radius 2 is 2.00 bits per heavy atom. The number of anilines is 1. The number of halogens is 1. The molecule has 0 bridgehead atoms. The first-order valence-electron chi connectivity index (χ1n) is 9.96. The van der Waals surface area contributed by atoms with Gasteiger partial charge >= 0.3 is 0 Å². The molecule has 0 spiro atoms. The molecule has 0 aromatic heterocycles. The molecule has 0 radical (unpaired) electrons. The van der Waals surface area contributed by atoms with Crippen molar-refractivity contribution in [2.24, 2.45) is 10.4 Å². The highest BCUT2D eigenvalue weighted by Gasteiger charge is 2.33. The number of hydrogen-bond donors (Lipinski definition) is 2. The largest absolute Gasteiger partial charge is 0.385 e. The second kappa shape index (κ2) is 10.5. The average Bonchev–Trinajstić information content (AvgIpc) is 3.11. The van der Waals surface area contributed by atoms with Crippen molar-refractivity contribution in [2.75, 3.05) is 45.8 Å². The number of guanidine groups is 1. The molecule has 152 valence electrons. The number of hydrogen-bond acceptors (Lipinski definition) is 3. The van der Waals surface area contributed by atoms with Gasteiger partial charge in [0.2, 0.25) is 0 Å². The maximum absolute atomic E-state index is 14.2. The highest BCUT2D eigenvalue weighted by molar-refractivity contribution is 5.79. The minimum Gasteiger partial charge on any atom is -0.385 e. The quantitative estimate of drug-likeness (QED) is 0.510. The number of ether oxygens (including phenoxy) is 1. The van der Waals surface area contributed by atoms with Crippen LogP contribution in [0.5, 0.6) is 0 Å². The van der Waals surface area contributed by atoms with Crippen molar-refractivity contribution in [1.29, 1.82) is 0 Å². The molecule has 27 heavy (non-hydrogen) atoms. The minimum absolute atomic E-state index is 0.213. The Kier molecular flexibility index (Phi) is 8.35. The highest BCUT2D eigenvalue weighted by atomic mass is 19.1.